The molecule has 0 saturated carbocycles. The van der Waals surface area contributed by atoms with Crippen molar-refractivity contribution < 1.29 is 33.3 Å². The molecule has 0 aliphatic carbocycles. The molecule has 0 aliphatic heterocycles. The van der Waals surface area contributed by atoms with Crippen LogP contribution in [0.4, 0.5) is 4.79 Å². The molecule has 0 bridgehead atoms. The molecule has 0 aromatic rings. The van der Waals surface area contributed by atoms with Gasteiger partial charge in [0.15, 0.2) is 0 Å². The van der Waals surface area contributed by atoms with Crippen molar-refractivity contribution in [1.29, 1.82) is 0 Å². The van der Waals surface area contributed by atoms with Crippen molar-refractivity contribution in [1.82, 2.24) is 5.32 Å². The summed E-state index contributed by atoms with van der Waals surface area (Å²) < 4.78 is 21.1. The Morgan fingerprint density at radius 2 is 1.43 bits per heavy atom. The lowest BCUT2D eigenvalue weighted by atomic mass is 9.97. The summed E-state index contributed by atoms with van der Waals surface area (Å²) >= 11 is 0. The molecular weight excluding hydrogens is 366 g/mol. The number of rotatable bonds is 13. The van der Waals surface area contributed by atoms with Crippen molar-refractivity contribution in [2.75, 3.05) is 26.4 Å². The van der Waals surface area contributed by atoms with Gasteiger partial charge in [-0.05, 0) is 47.5 Å². The predicted octanol–water partition coefficient (Wildman–Crippen LogP) is 3.36. The summed E-state index contributed by atoms with van der Waals surface area (Å²) in [5.41, 5.74) is -2.43. The molecule has 8 nitrogen and oxygen atoms in total. The highest BCUT2D eigenvalue weighted by Crippen LogP contribution is 2.24. The van der Waals surface area contributed by atoms with E-state index in [1.54, 1.807) is 34.6 Å². The number of carbonyl (C=O) groups is 3. The fourth-order valence-electron chi connectivity index (χ4n) is 2.41. The largest absolute Gasteiger partial charge is 0.463 e. The minimum Gasteiger partial charge on any atom is -0.463 e. The summed E-state index contributed by atoms with van der Waals surface area (Å²) in [6.07, 6.45) is 2.40. The van der Waals surface area contributed by atoms with Crippen LogP contribution in [0.3, 0.4) is 0 Å². The smallest absolute Gasteiger partial charge is 0.407 e. The number of alkyl carbamates (subject to hydrolysis) is 1. The summed E-state index contributed by atoms with van der Waals surface area (Å²) in [7, 11) is 0. The zero-order valence-corrected chi connectivity index (χ0v) is 18.2. The van der Waals surface area contributed by atoms with Gasteiger partial charge in [0, 0.05) is 19.6 Å². The second-order valence-electron chi connectivity index (χ2n) is 7.36. The van der Waals surface area contributed by atoms with Crippen molar-refractivity contribution in [2.24, 2.45) is 0 Å². The van der Waals surface area contributed by atoms with E-state index in [0.29, 0.717) is 12.8 Å². The minimum atomic E-state index is -1.82. The Labute approximate surface area is 168 Å². The number of hydrogen-bond donors (Lipinski definition) is 1. The fourth-order valence-corrected chi connectivity index (χ4v) is 2.41. The molecule has 28 heavy (non-hydrogen) atoms. The van der Waals surface area contributed by atoms with E-state index in [9.17, 15) is 14.4 Å². The van der Waals surface area contributed by atoms with Crippen LogP contribution in [0.1, 0.15) is 73.6 Å². The van der Waals surface area contributed by atoms with Gasteiger partial charge in [-0.25, -0.2) is 14.4 Å². The first-order valence-corrected chi connectivity index (χ1v) is 10.1. The van der Waals surface area contributed by atoms with E-state index in [4.69, 9.17) is 18.9 Å². The topological polar surface area (TPSA) is 100 Å². The van der Waals surface area contributed by atoms with Gasteiger partial charge in [-0.3, -0.25) is 0 Å². The van der Waals surface area contributed by atoms with E-state index in [1.807, 2.05) is 6.92 Å². The molecule has 164 valence electrons. The summed E-state index contributed by atoms with van der Waals surface area (Å²) in [6.45, 7) is 11.4. The standard InChI is InChI=1S/C20H37NO7/c1-7-10-11-15-27-20(16(22)25-8-2,17(23)26-9-3)13-12-14-21-18(24)28-19(4,5)6/h7-15H2,1-6H3,(H,21,24). The first-order valence-electron chi connectivity index (χ1n) is 10.1. The predicted molar refractivity (Wildman–Crippen MR) is 105 cm³/mol. The molecule has 0 fully saturated rings. The summed E-state index contributed by atoms with van der Waals surface area (Å²) in [5.74, 6) is -1.52. The molecule has 0 heterocycles. The van der Waals surface area contributed by atoms with Crippen molar-refractivity contribution in [3.8, 4) is 0 Å². The van der Waals surface area contributed by atoms with Gasteiger partial charge in [0.1, 0.15) is 5.60 Å². The number of unbranched alkanes of at least 4 members (excludes halogenated alkanes) is 2. The van der Waals surface area contributed by atoms with Gasteiger partial charge in [-0.2, -0.15) is 0 Å². The maximum absolute atomic E-state index is 12.6. The zero-order valence-electron chi connectivity index (χ0n) is 18.2. The molecule has 0 spiro atoms. The SMILES string of the molecule is CCCCCOC(CCCNC(=O)OC(C)(C)C)(C(=O)OCC)C(=O)OCC. The van der Waals surface area contributed by atoms with E-state index in [1.165, 1.54) is 0 Å². The van der Waals surface area contributed by atoms with Crippen molar-refractivity contribution in [3.63, 3.8) is 0 Å². The Kier molecular flexibility index (Phi) is 12.5. The van der Waals surface area contributed by atoms with Gasteiger partial charge in [-0.1, -0.05) is 19.8 Å². The van der Waals surface area contributed by atoms with Gasteiger partial charge in [0.05, 0.1) is 13.2 Å². The number of nitrogens with one attached hydrogen (secondary N) is 1. The van der Waals surface area contributed by atoms with Crippen LogP contribution in [0, 0.1) is 0 Å². The number of carbonyl (C=O) groups excluding carboxylic acids is 3. The monoisotopic (exact) mass is 403 g/mol. The highest BCUT2D eigenvalue weighted by Gasteiger charge is 2.50. The molecule has 8 heteroatoms. The van der Waals surface area contributed by atoms with E-state index in [-0.39, 0.29) is 32.8 Å². The Hall–Kier alpha value is -1.83. The molecule has 0 atom stereocenters. The summed E-state index contributed by atoms with van der Waals surface area (Å²) in [5, 5.41) is 2.61. The van der Waals surface area contributed by atoms with Crippen LogP contribution < -0.4 is 5.32 Å². The fraction of sp³-hybridized carbons (Fsp3) is 0.850. The lowest BCUT2D eigenvalue weighted by molar-refractivity contribution is -0.192. The summed E-state index contributed by atoms with van der Waals surface area (Å²) in [6, 6.07) is 0. The molecule has 0 rings (SSSR count). The minimum absolute atomic E-state index is 0.0343. The van der Waals surface area contributed by atoms with Gasteiger partial charge in [-0.15, -0.1) is 0 Å². The van der Waals surface area contributed by atoms with Gasteiger partial charge in [0.25, 0.3) is 5.60 Å². The van der Waals surface area contributed by atoms with Crippen LogP contribution >= 0.6 is 0 Å². The van der Waals surface area contributed by atoms with Gasteiger partial charge in [0.2, 0.25) is 0 Å². The maximum Gasteiger partial charge on any atom is 0.407 e. The summed E-state index contributed by atoms with van der Waals surface area (Å²) in [4.78, 5) is 37.0. The van der Waals surface area contributed by atoms with E-state index < -0.39 is 29.2 Å². The normalized spacial score (nSPS) is 11.6. The van der Waals surface area contributed by atoms with Gasteiger partial charge < -0.3 is 24.3 Å². The van der Waals surface area contributed by atoms with Crippen molar-refractivity contribution in [2.45, 2.75) is 84.8 Å². The number of amides is 1. The van der Waals surface area contributed by atoms with E-state index in [2.05, 4.69) is 5.32 Å². The van der Waals surface area contributed by atoms with Crippen LogP contribution in [0.5, 0.6) is 0 Å². The first-order chi connectivity index (χ1) is 13.1. The van der Waals surface area contributed by atoms with Gasteiger partial charge >= 0.3 is 18.0 Å². The highest BCUT2D eigenvalue weighted by atomic mass is 16.6. The third-order valence-corrected chi connectivity index (χ3v) is 3.68. The van der Waals surface area contributed by atoms with Crippen molar-refractivity contribution in [3.05, 3.63) is 0 Å². The van der Waals surface area contributed by atoms with E-state index >= 15 is 0 Å². The van der Waals surface area contributed by atoms with Crippen LogP contribution in [0.25, 0.3) is 0 Å². The Balaban J connectivity index is 5.08. The average molecular weight is 404 g/mol. The molecule has 0 saturated heterocycles. The molecule has 0 aromatic carbocycles. The second kappa shape index (κ2) is 13.4. The Morgan fingerprint density at radius 3 is 1.89 bits per heavy atom. The van der Waals surface area contributed by atoms with Crippen LogP contribution in [-0.2, 0) is 28.5 Å². The second-order valence-corrected chi connectivity index (χ2v) is 7.36. The average Bonchev–Trinajstić information content (AvgIpc) is 2.59. The number of esters is 2. The first kappa shape index (κ1) is 26.2. The lowest BCUT2D eigenvalue weighted by Crippen LogP contribution is -2.52. The molecule has 1 N–H and O–H groups in total. The molecule has 0 radical (unpaired) electrons. The molecule has 1 amide bonds. The Morgan fingerprint density at radius 1 is 0.857 bits per heavy atom. The molecule has 0 aromatic heterocycles. The maximum atomic E-state index is 12.6. The molecule has 0 aliphatic rings. The third-order valence-electron chi connectivity index (χ3n) is 3.68. The van der Waals surface area contributed by atoms with Crippen molar-refractivity contribution >= 4 is 18.0 Å². The van der Waals surface area contributed by atoms with Crippen LogP contribution in [0.15, 0.2) is 0 Å². The highest BCUT2D eigenvalue weighted by molar-refractivity contribution is 6.03. The van der Waals surface area contributed by atoms with Crippen LogP contribution in [0.2, 0.25) is 0 Å². The number of hydrogen-bond acceptors (Lipinski definition) is 7. The molecular formula is C20H37NO7. The third kappa shape index (κ3) is 9.92. The lowest BCUT2D eigenvalue weighted by Gasteiger charge is -2.29. The number of ether oxygens (including phenoxy) is 4. The Bertz CT molecular complexity index is 467. The quantitative estimate of drug-likeness (QED) is 0.218. The zero-order chi connectivity index (χ0) is 21.6. The van der Waals surface area contributed by atoms with E-state index in [0.717, 1.165) is 12.8 Å². The molecule has 0 unspecified atom stereocenters. The van der Waals surface area contributed by atoms with Crippen LogP contribution in [-0.4, -0.2) is 55.6 Å².